The second-order valence-electron chi connectivity index (χ2n) is 7.71. The summed E-state index contributed by atoms with van der Waals surface area (Å²) in [5, 5.41) is 14.8. The number of carbonyl (C=O) groups excluding carboxylic acids is 1. The SMILES string of the molecule is Cc1c(CCNC(=O)c2n[nH]c3c2CCNC3)c2ccccc2n1-c1ccccc1. The van der Waals surface area contributed by atoms with Gasteiger partial charge >= 0.3 is 0 Å². The second kappa shape index (κ2) is 7.80. The lowest BCUT2D eigenvalue weighted by Gasteiger charge is -2.12. The van der Waals surface area contributed by atoms with E-state index in [-0.39, 0.29) is 5.91 Å². The van der Waals surface area contributed by atoms with E-state index in [0.29, 0.717) is 12.2 Å². The highest BCUT2D eigenvalue weighted by molar-refractivity contribution is 5.94. The Kier molecular flexibility index (Phi) is 4.85. The molecule has 0 spiro atoms. The van der Waals surface area contributed by atoms with Gasteiger partial charge in [0, 0.05) is 35.4 Å². The average molecular weight is 399 g/mol. The molecule has 2 aromatic carbocycles. The predicted octanol–water partition coefficient (Wildman–Crippen LogP) is 3.28. The van der Waals surface area contributed by atoms with Gasteiger partial charge in [0.2, 0.25) is 0 Å². The Labute approximate surface area is 175 Å². The van der Waals surface area contributed by atoms with Crippen LogP contribution in [0.4, 0.5) is 0 Å². The maximum absolute atomic E-state index is 12.7. The van der Waals surface area contributed by atoms with E-state index < -0.39 is 0 Å². The van der Waals surface area contributed by atoms with Crippen LogP contribution in [0.5, 0.6) is 0 Å². The van der Waals surface area contributed by atoms with Gasteiger partial charge < -0.3 is 15.2 Å². The summed E-state index contributed by atoms with van der Waals surface area (Å²) in [5.41, 5.74) is 7.42. The van der Waals surface area contributed by atoms with Crippen LogP contribution in [0.2, 0.25) is 0 Å². The quantitative estimate of drug-likeness (QED) is 0.482. The van der Waals surface area contributed by atoms with E-state index in [9.17, 15) is 4.79 Å². The van der Waals surface area contributed by atoms with Gasteiger partial charge in [-0.3, -0.25) is 9.89 Å². The molecule has 5 rings (SSSR count). The third-order valence-electron chi connectivity index (χ3n) is 5.94. The third-order valence-corrected chi connectivity index (χ3v) is 5.94. The largest absolute Gasteiger partial charge is 0.350 e. The van der Waals surface area contributed by atoms with Gasteiger partial charge in [0.1, 0.15) is 0 Å². The molecule has 2 aromatic heterocycles. The van der Waals surface area contributed by atoms with Gasteiger partial charge in [-0.05, 0) is 50.1 Å². The average Bonchev–Trinajstić information content (AvgIpc) is 3.33. The van der Waals surface area contributed by atoms with Crippen molar-refractivity contribution in [3.63, 3.8) is 0 Å². The number of para-hydroxylation sites is 2. The van der Waals surface area contributed by atoms with Crippen LogP contribution in [0.1, 0.15) is 33.0 Å². The van der Waals surface area contributed by atoms with E-state index >= 15 is 0 Å². The second-order valence-corrected chi connectivity index (χ2v) is 7.71. The van der Waals surface area contributed by atoms with Crippen LogP contribution in [-0.2, 0) is 19.4 Å². The summed E-state index contributed by atoms with van der Waals surface area (Å²) in [5.74, 6) is -0.0983. The Morgan fingerprint density at radius 1 is 1.13 bits per heavy atom. The molecule has 0 saturated heterocycles. The van der Waals surface area contributed by atoms with Gasteiger partial charge in [0.15, 0.2) is 5.69 Å². The molecule has 0 saturated carbocycles. The van der Waals surface area contributed by atoms with Crippen LogP contribution >= 0.6 is 0 Å². The third kappa shape index (κ3) is 3.19. The number of rotatable bonds is 5. The van der Waals surface area contributed by atoms with Gasteiger partial charge in [-0.15, -0.1) is 0 Å². The summed E-state index contributed by atoms with van der Waals surface area (Å²) < 4.78 is 2.30. The smallest absolute Gasteiger partial charge is 0.272 e. The number of carbonyl (C=O) groups is 1. The first-order valence-electron chi connectivity index (χ1n) is 10.4. The normalized spacial score (nSPS) is 13.4. The fraction of sp³-hybridized carbons (Fsp3) is 0.250. The zero-order valence-corrected chi connectivity index (χ0v) is 17.0. The number of hydrogen-bond acceptors (Lipinski definition) is 3. The summed E-state index contributed by atoms with van der Waals surface area (Å²) in [4.78, 5) is 12.7. The highest BCUT2D eigenvalue weighted by atomic mass is 16.1. The van der Waals surface area contributed by atoms with Gasteiger partial charge in [-0.2, -0.15) is 5.10 Å². The highest BCUT2D eigenvalue weighted by Crippen LogP contribution is 2.29. The minimum absolute atomic E-state index is 0.0983. The first-order valence-corrected chi connectivity index (χ1v) is 10.4. The molecule has 0 fully saturated rings. The summed E-state index contributed by atoms with van der Waals surface area (Å²) in [6.45, 7) is 4.35. The van der Waals surface area contributed by atoms with Crippen molar-refractivity contribution in [2.45, 2.75) is 26.3 Å². The zero-order valence-electron chi connectivity index (χ0n) is 17.0. The molecule has 0 unspecified atom stereocenters. The fourth-order valence-electron chi connectivity index (χ4n) is 4.48. The summed E-state index contributed by atoms with van der Waals surface area (Å²) in [6.07, 6.45) is 1.60. The van der Waals surface area contributed by atoms with E-state index in [2.05, 4.69) is 80.9 Å². The molecule has 1 amide bonds. The predicted molar refractivity (Wildman–Crippen MR) is 118 cm³/mol. The molecule has 3 N–H and O–H groups in total. The zero-order chi connectivity index (χ0) is 20.5. The standard InChI is InChI=1S/C24H25N5O/c1-16-18(12-14-26-24(30)23-20-11-13-25-15-21(20)27-28-23)19-9-5-6-10-22(19)29(16)17-7-3-2-4-8-17/h2-10,25H,11-15H2,1H3,(H,26,30)(H,27,28). The molecule has 152 valence electrons. The Balaban J connectivity index is 1.38. The van der Waals surface area contributed by atoms with Crippen LogP contribution in [0.3, 0.4) is 0 Å². The van der Waals surface area contributed by atoms with E-state index in [0.717, 1.165) is 42.9 Å². The molecule has 4 aromatic rings. The number of aromatic nitrogens is 3. The Hall–Kier alpha value is -3.38. The van der Waals surface area contributed by atoms with Gasteiger partial charge in [-0.1, -0.05) is 36.4 Å². The van der Waals surface area contributed by atoms with Crippen molar-refractivity contribution in [1.82, 2.24) is 25.4 Å². The molecule has 6 nitrogen and oxygen atoms in total. The number of nitrogens with zero attached hydrogens (tertiary/aromatic N) is 2. The van der Waals surface area contributed by atoms with Crippen LogP contribution in [-0.4, -0.2) is 33.8 Å². The van der Waals surface area contributed by atoms with E-state index in [1.165, 1.54) is 22.2 Å². The molecular formula is C24H25N5O. The topological polar surface area (TPSA) is 74.7 Å². The highest BCUT2D eigenvalue weighted by Gasteiger charge is 2.21. The van der Waals surface area contributed by atoms with Crippen LogP contribution in [0, 0.1) is 6.92 Å². The molecule has 6 heteroatoms. The lowest BCUT2D eigenvalue weighted by Crippen LogP contribution is -2.29. The summed E-state index contributed by atoms with van der Waals surface area (Å²) in [6, 6.07) is 18.9. The lowest BCUT2D eigenvalue weighted by atomic mass is 10.1. The molecule has 1 aliphatic heterocycles. The Morgan fingerprint density at radius 3 is 2.80 bits per heavy atom. The van der Waals surface area contributed by atoms with Crippen molar-refractivity contribution in [3.8, 4) is 5.69 Å². The van der Waals surface area contributed by atoms with E-state index in [1.54, 1.807) is 0 Å². The van der Waals surface area contributed by atoms with E-state index in [4.69, 9.17) is 0 Å². The number of nitrogens with one attached hydrogen (secondary N) is 3. The Morgan fingerprint density at radius 2 is 1.93 bits per heavy atom. The van der Waals surface area contributed by atoms with Crippen molar-refractivity contribution in [1.29, 1.82) is 0 Å². The first-order chi connectivity index (χ1) is 14.7. The molecule has 3 heterocycles. The molecule has 30 heavy (non-hydrogen) atoms. The van der Waals surface area contributed by atoms with Crippen molar-refractivity contribution in [2.75, 3.05) is 13.1 Å². The molecule has 0 aliphatic carbocycles. The van der Waals surface area contributed by atoms with Crippen molar-refractivity contribution < 1.29 is 4.79 Å². The number of hydrogen-bond donors (Lipinski definition) is 3. The summed E-state index contributed by atoms with van der Waals surface area (Å²) in [7, 11) is 0. The molecule has 0 atom stereocenters. The van der Waals surface area contributed by atoms with E-state index in [1.807, 2.05) is 6.07 Å². The first kappa shape index (κ1) is 18.6. The van der Waals surface area contributed by atoms with Crippen LogP contribution < -0.4 is 10.6 Å². The summed E-state index contributed by atoms with van der Waals surface area (Å²) >= 11 is 0. The maximum Gasteiger partial charge on any atom is 0.272 e. The van der Waals surface area contributed by atoms with Gasteiger partial charge in [-0.25, -0.2) is 0 Å². The van der Waals surface area contributed by atoms with Crippen molar-refractivity contribution in [2.24, 2.45) is 0 Å². The molecule has 1 aliphatic rings. The Bertz CT molecular complexity index is 1210. The number of amides is 1. The minimum atomic E-state index is -0.0983. The van der Waals surface area contributed by atoms with Gasteiger partial charge in [0.25, 0.3) is 5.91 Å². The fourth-order valence-corrected chi connectivity index (χ4v) is 4.48. The maximum atomic E-state index is 12.7. The number of benzene rings is 2. The van der Waals surface area contributed by atoms with Crippen molar-refractivity contribution >= 4 is 16.8 Å². The number of fused-ring (bicyclic) bond motifs is 2. The lowest BCUT2D eigenvalue weighted by molar-refractivity contribution is 0.0948. The monoisotopic (exact) mass is 399 g/mol. The van der Waals surface area contributed by atoms with Gasteiger partial charge in [0.05, 0.1) is 11.2 Å². The number of aromatic amines is 1. The van der Waals surface area contributed by atoms with Crippen LogP contribution in [0.15, 0.2) is 54.6 Å². The number of H-pyrrole nitrogens is 1. The van der Waals surface area contributed by atoms with Crippen molar-refractivity contribution in [3.05, 3.63) is 82.8 Å². The van der Waals surface area contributed by atoms with Crippen LogP contribution in [0.25, 0.3) is 16.6 Å². The molecular weight excluding hydrogens is 374 g/mol. The minimum Gasteiger partial charge on any atom is -0.350 e. The molecule has 0 radical (unpaired) electrons. The molecule has 0 bridgehead atoms.